The number of rotatable bonds is 3. The summed E-state index contributed by atoms with van der Waals surface area (Å²) in [5.74, 6) is 0.248. The quantitative estimate of drug-likeness (QED) is 0.895. The molecule has 0 radical (unpaired) electrons. The van der Waals surface area contributed by atoms with Gasteiger partial charge in [-0.2, -0.15) is 0 Å². The molecular weight excluding hydrogens is 346 g/mol. The molecule has 0 aliphatic carbocycles. The molecule has 26 heavy (non-hydrogen) atoms. The van der Waals surface area contributed by atoms with Crippen LogP contribution in [0.15, 0.2) is 48.5 Å². The Kier molecular flexibility index (Phi) is 5.14. The van der Waals surface area contributed by atoms with Crippen LogP contribution in [-0.2, 0) is 11.2 Å². The molecule has 1 saturated heterocycles. The van der Waals surface area contributed by atoms with Crippen LogP contribution in [0.3, 0.4) is 0 Å². The van der Waals surface area contributed by atoms with E-state index >= 15 is 0 Å². The van der Waals surface area contributed by atoms with Crippen molar-refractivity contribution in [3.8, 4) is 0 Å². The molecule has 0 atom stereocenters. The Balaban J connectivity index is 1.36. The lowest BCUT2D eigenvalue weighted by atomic mass is 10.0. The smallest absolute Gasteiger partial charge is 0.282 e. The summed E-state index contributed by atoms with van der Waals surface area (Å²) in [7, 11) is 0. The number of carbonyl (C=O) groups excluding carboxylic acids is 1. The van der Waals surface area contributed by atoms with Crippen molar-refractivity contribution in [2.24, 2.45) is 0 Å². The number of carbonyl (C=O) groups is 1. The van der Waals surface area contributed by atoms with E-state index in [1.54, 1.807) is 0 Å². The minimum atomic E-state index is 0.248. The topological polar surface area (TPSA) is 28.0 Å². The van der Waals surface area contributed by atoms with Crippen LogP contribution >= 0.6 is 11.6 Å². The lowest BCUT2D eigenvalue weighted by Gasteiger charge is -2.35. The summed E-state index contributed by atoms with van der Waals surface area (Å²) in [5.41, 5.74) is 3.51. The van der Waals surface area contributed by atoms with Crippen molar-refractivity contribution in [3.05, 3.63) is 59.1 Å². The Hall–Kier alpha value is -2.04. The van der Waals surface area contributed by atoms with Crippen LogP contribution in [0.1, 0.15) is 12.0 Å². The molecule has 2 aliphatic heterocycles. The SMILES string of the molecule is O=C(C[NH+]1CCN(c2ccccc2Cl)CC1)N1CCCc2ccccc21. The van der Waals surface area contributed by atoms with Crippen molar-refractivity contribution < 1.29 is 9.69 Å². The van der Waals surface area contributed by atoms with Gasteiger partial charge in [0.2, 0.25) is 0 Å². The van der Waals surface area contributed by atoms with Gasteiger partial charge in [0, 0.05) is 12.2 Å². The van der Waals surface area contributed by atoms with Crippen molar-refractivity contribution in [1.82, 2.24) is 0 Å². The van der Waals surface area contributed by atoms with E-state index < -0.39 is 0 Å². The van der Waals surface area contributed by atoms with Crippen LogP contribution in [0.25, 0.3) is 0 Å². The maximum atomic E-state index is 12.9. The fourth-order valence-corrected chi connectivity index (χ4v) is 4.31. The van der Waals surface area contributed by atoms with Crippen molar-refractivity contribution in [2.75, 3.05) is 49.1 Å². The molecule has 2 aromatic carbocycles. The molecule has 0 aromatic heterocycles. The summed E-state index contributed by atoms with van der Waals surface area (Å²) < 4.78 is 0. The summed E-state index contributed by atoms with van der Waals surface area (Å²) in [4.78, 5) is 18.6. The van der Waals surface area contributed by atoms with Gasteiger partial charge in [-0.15, -0.1) is 0 Å². The average molecular weight is 371 g/mol. The number of nitrogens with zero attached hydrogens (tertiary/aromatic N) is 2. The van der Waals surface area contributed by atoms with Crippen LogP contribution in [-0.4, -0.2) is 45.2 Å². The number of benzene rings is 2. The molecule has 1 amide bonds. The maximum absolute atomic E-state index is 12.9. The first-order valence-corrected chi connectivity index (χ1v) is 9.81. The fourth-order valence-electron chi connectivity index (χ4n) is 4.05. The van der Waals surface area contributed by atoms with Gasteiger partial charge in [-0.05, 0) is 36.6 Å². The van der Waals surface area contributed by atoms with E-state index in [0.29, 0.717) is 6.54 Å². The molecule has 2 aromatic rings. The molecule has 0 bridgehead atoms. The molecule has 4 nitrogen and oxygen atoms in total. The van der Waals surface area contributed by atoms with Gasteiger partial charge in [0.15, 0.2) is 6.54 Å². The zero-order valence-corrected chi connectivity index (χ0v) is 15.7. The number of amides is 1. The number of hydrogen-bond donors (Lipinski definition) is 1. The van der Waals surface area contributed by atoms with Gasteiger partial charge in [0.1, 0.15) is 0 Å². The molecule has 1 N–H and O–H groups in total. The van der Waals surface area contributed by atoms with Crippen LogP contribution in [0, 0.1) is 0 Å². The van der Waals surface area contributed by atoms with Crippen LogP contribution < -0.4 is 14.7 Å². The lowest BCUT2D eigenvalue weighted by Crippen LogP contribution is -3.16. The normalized spacial score (nSPS) is 17.9. The van der Waals surface area contributed by atoms with Gasteiger partial charge in [0.25, 0.3) is 5.91 Å². The Labute approximate surface area is 160 Å². The zero-order chi connectivity index (χ0) is 17.9. The van der Waals surface area contributed by atoms with Gasteiger partial charge in [0.05, 0.1) is 36.9 Å². The first-order chi connectivity index (χ1) is 12.7. The highest BCUT2D eigenvalue weighted by Crippen LogP contribution is 2.27. The second-order valence-electron chi connectivity index (χ2n) is 7.14. The average Bonchev–Trinajstić information content (AvgIpc) is 2.68. The fraction of sp³-hybridized carbons (Fsp3) is 0.381. The largest absolute Gasteiger partial charge is 0.359 e. The molecule has 0 saturated carbocycles. The number of nitrogens with one attached hydrogen (secondary N) is 1. The third-order valence-electron chi connectivity index (χ3n) is 5.48. The molecule has 4 rings (SSSR count). The van der Waals surface area contributed by atoms with Crippen LogP contribution in [0.2, 0.25) is 5.02 Å². The van der Waals surface area contributed by atoms with E-state index in [1.165, 1.54) is 10.5 Å². The lowest BCUT2D eigenvalue weighted by molar-refractivity contribution is -0.892. The highest BCUT2D eigenvalue weighted by molar-refractivity contribution is 6.33. The number of para-hydroxylation sites is 2. The number of hydrogen-bond acceptors (Lipinski definition) is 2. The predicted molar refractivity (Wildman–Crippen MR) is 106 cm³/mol. The number of halogens is 1. The van der Waals surface area contributed by atoms with E-state index in [-0.39, 0.29) is 5.91 Å². The second kappa shape index (κ2) is 7.68. The molecule has 5 heteroatoms. The molecule has 2 heterocycles. The summed E-state index contributed by atoms with van der Waals surface area (Å²) in [6.45, 7) is 5.21. The Morgan fingerprint density at radius 2 is 1.65 bits per heavy atom. The van der Waals surface area contributed by atoms with Gasteiger partial charge in [-0.3, -0.25) is 4.79 Å². The standard InChI is InChI=1S/C21H24ClN3O/c22-18-8-2-4-10-20(18)24-14-12-23(13-15-24)16-21(26)25-11-5-7-17-6-1-3-9-19(17)25/h1-4,6,8-10H,5,7,11-16H2/p+1. The van der Waals surface area contributed by atoms with E-state index in [1.807, 2.05) is 29.2 Å². The first-order valence-electron chi connectivity index (χ1n) is 9.44. The van der Waals surface area contributed by atoms with Crippen molar-refractivity contribution in [3.63, 3.8) is 0 Å². The number of aryl methyl sites for hydroxylation is 1. The molecule has 136 valence electrons. The number of piperazine rings is 1. The molecule has 0 unspecified atom stereocenters. The van der Waals surface area contributed by atoms with Crippen molar-refractivity contribution in [2.45, 2.75) is 12.8 Å². The molecule has 1 fully saturated rings. The molecule has 0 spiro atoms. The Morgan fingerprint density at radius 1 is 0.962 bits per heavy atom. The summed E-state index contributed by atoms with van der Waals surface area (Å²) in [6, 6.07) is 16.3. The third-order valence-corrected chi connectivity index (χ3v) is 5.80. The Bertz CT molecular complexity index is 786. The van der Waals surface area contributed by atoms with Gasteiger partial charge < -0.3 is 14.7 Å². The van der Waals surface area contributed by atoms with E-state index in [2.05, 4.69) is 29.2 Å². The highest BCUT2D eigenvalue weighted by Gasteiger charge is 2.28. The minimum Gasteiger partial charge on any atom is -0.359 e. The third kappa shape index (κ3) is 3.57. The van der Waals surface area contributed by atoms with Crippen LogP contribution in [0.5, 0.6) is 0 Å². The monoisotopic (exact) mass is 370 g/mol. The number of anilines is 2. The minimum absolute atomic E-state index is 0.248. The summed E-state index contributed by atoms with van der Waals surface area (Å²) >= 11 is 6.32. The summed E-state index contributed by atoms with van der Waals surface area (Å²) in [5, 5.41) is 0.803. The number of quaternary nitrogens is 1. The second-order valence-corrected chi connectivity index (χ2v) is 7.55. The van der Waals surface area contributed by atoms with Crippen molar-refractivity contribution >= 4 is 28.9 Å². The van der Waals surface area contributed by atoms with Gasteiger partial charge in [-0.25, -0.2) is 0 Å². The Morgan fingerprint density at radius 3 is 2.42 bits per heavy atom. The zero-order valence-electron chi connectivity index (χ0n) is 15.0. The van der Waals surface area contributed by atoms with Crippen molar-refractivity contribution in [1.29, 1.82) is 0 Å². The molecular formula is C21H25ClN3O+. The van der Waals surface area contributed by atoms with Gasteiger partial charge >= 0.3 is 0 Å². The van der Waals surface area contributed by atoms with Gasteiger partial charge in [-0.1, -0.05) is 41.9 Å². The highest BCUT2D eigenvalue weighted by atomic mass is 35.5. The van der Waals surface area contributed by atoms with E-state index in [4.69, 9.17) is 11.6 Å². The molecule has 2 aliphatic rings. The van der Waals surface area contributed by atoms with E-state index in [0.717, 1.165) is 62.0 Å². The van der Waals surface area contributed by atoms with Crippen LogP contribution in [0.4, 0.5) is 11.4 Å². The maximum Gasteiger partial charge on any atom is 0.282 e. The first kappa shape index (κ1) is 17.4. The summed E-state index contributed by atoms with van der Waals surface area (Å²) in [6.07, 6.45) is 2.13. The van der Waals surface area contributed by atoms with E-state index in [9.17, 15) is 4.79 Å². The predicted octanol–water partition coefficient (Wildman–Crippen LogP) is 2.02. The number of fused-ring (bicyclic) bond motifs is 1.